The van der Waals surface area contributed by atoms with E-state index in [1.54, 1.807) is 6.07 Å². The Balaban J connectivity index is 1.77. The van der Waals surface area contributed by atoms with Gasteiger partial charge in [-0.15, -0.1) is 0 Å². The zero-order chi connectivity index (χ0) is 15.3. The summed E-state index contributed by atoms with van der Waals surface area (Å²) in [7, 11) is -1.40. The molecule has 1 atom stereocenters. The molecule has 0 radical (unpaired) electrons. The Bertz CT molecular complexity index is 573. The fraction of sp³-hybridized carbons (Fsp3) is 0.600. The minimum atomic E-state index is -4.39. The predicted molar refractivity (Wildman–Crippen MR) is 75.5 cm³/mol. The van der Waals surface area contributed by atoms with E-state index in [9.17, 15) is 17.4 Å². The Morgan fingerprint density at radius 3 is 2.43 bits per heavy atom. The first-order valence-corrected chi connectivity index (χ1v) is 8.59. The molecule has 0 amide bonds. The van der Waals surface area contributed by atoms with Gasteiger partial charge in [-0.2, -0.15) is 13.2 Å². The van der Waals surface area contributed by atoms with Gasteiger partial charge in [-0.1, -0.05) is 0 Å². The van der Waals surface area contributed by atoms with Crippen molar-refractivity contribution in [3.8, 4) is 0 Å². The maximum Gasteiger partial charge on any atom is 0.416 e. The monoisotopic (exact) mass is 317 g/mol. The van der Waals surface area contributed by atoms with Gasteiger partial charge in [0.1, 0.15) is 0 Å². The van der Waals surface area contributed by atoms with Crippen molar-refractivity contribution < 1.29 is 17.4 Å². The van der Waals surface area contributed by atoms with Gasteiger partial charge in [0, 0.05) is 35.0 Å². The molecule has 1 saturated heterocycles. The van der Waals surface area contributed by atoms with Crippen molar-refractivity contribution in [1.82, 2.24) is 5.32 Å². The summed E-state index contributed by atoms with van der Waals surface area (Å²) >= 11 is 0. The van der Waals surface area contributed by atoms with E-state index in [-0.39, 0.29) is 4.90 Å². The molecule has 0 aromatic heterocycles. The molecule has 116 valence electrons. The van der Waals surface area contributed by atoms with Crippen LogP contribution >= 0.6 is 0 Å². The Kier molecular flexibility index (Phi) is 3.64. The van der Waals surface area contributed by atoms with Crippen LogP contribution in [-0.2, 0) is 23.4 Å². The first-order valence-electron chi connectivity index (χ1n) is 7.03. The van der Waals surface area contributed by atoms with Crippen LogP contribution in [0.25, 0.3) is 0 Å². The van der Waals surface area contributed by atoms with Crippen LogP contribution in [0.5, 0.6) is 0 Å². The summed E-state index contributed by atoms with van der Waals surface area (Å²) in [5.41, 5.74) is 0.384. The van der Waals surface area contributed by atoms with E-state index in [1.807, 2.05) is 0 Å². The number of rotatable bonds is 3. The fourth-order valence-corrected chi connectivity index (χ4v) is 4.13. The van der Waals surface area contributed by atoms with E-state index in [1.165, 1.54) is 12.3 Å². The minimum absolute atomic E-state index is 0.263. The molecule has 21 heavy (non-hydrogen) atoms. The lowest BCUT2D eigenvalue weighted by atomic mass is 9.57. The van der Waals surface area contributed by atoms with Crippen LogP contribution in [0.15, 0.2) is 23.1 Å². The van der Waals surface area contributed by atoms with E-state index >= 15 is 0 Å². The van der Waals surface area contributed by atoms with Gasteiger partial charge in [0.25, 0.3) is 0 Å². The lowest BCUT2D eigenvalue weighted by molar-refractivity contribution is -0.137. The molecule has 2 fully saturated rings. The smallest absolute Gasteiger partial charge is 0.316 e. The van der Waals surface area contributed by atoms with Gasteiger partial charge in [0.15, 0.2) is 0 Å². The first kappa shape index (κ1) is 15.0. The van der Waals surface area contributed by atoms with Crippen molar-refractivity contribution in [1.29, 1.82) is 0 Å². The molecular weight excluding hydrogens is 299 g/mol. The molecule has 1 aromatic carbocycles. The van der Waals surface area contributed by atoms with Crippen molar-refractivity contribution in [2.75, 3.05) is 19.3 Å². The van der Waals surface area contributed by atoms with Gasteiger partial charge >= 0.3 is 6.18 Å². The molecule has 1 spiro atoms. The van der Waals surface area contributed by atoms with Crippen LogP contribution in [0.4, 0.5) is 13.2 Å². The second kappa shape index (κ2) is 5.09. The number of alkyl halides is 3. The SMILES string of the molecule is CS(=O)c1cc(CC2CC3(CNC3)C2)cc(C(F)(F)F)c1. The molecule has 1 aliphatic carbocycles. The van der Waals surface area contributed by atoms with E-state index < -0.39 is 22.5 Å². The largest absolute Gasteiger partial charge is 0.416 e. The van der Waals surface area contributed by atoms with Crippen molar-refractivity contribution in [2.24, 2.45) is 11.3 Å². The lowest BCUT2D eigenvalue weighted by Crippen LogP contribution is -2.60. The summed E-state index contributed by atoms with van der Waals surface area (Å²) in [5.74, 6) is 0.453. The highest BCUT2D eigenvalue weighted by Crippen LogP contribution is 2.49. The average Bonchev–Trinajstić information content (AvgIpc) is 2.29. The highest BCUT2D eigenvalue weighted by atomic mass is 32.2. The molecule has 3 rings (SSSR count). The number of hydrogen-bond acceptors (Lipinski definition) is 2. The molecular formula is C15H18F3NOS. The molecule has 1 aliphatic heterocycles. The molecule has 2 aliphatic rings. The van der Waals surface area contributed by atoms with Crippen LogP contribution in [0.3, 0.4) is 0 Å². The molecule has 6 heteroatoms. The van der Waals surface area contributed by atoms with Gasteiger partial charge < -0.3 is 5.32 Å². The second-order valence-electron chi connectivity index (χ2n) is 6.40. The fourth-order valence-electron chi connectivity index (χ4n) is 3.52. The molecule has 1 N–H and O–H groups in total. The van der Waals surface area contributed by atoms with E-state index in [0.717, 1.165) is 32.0 Å². The van der Waals surface area contributed by atoms with Crippen LogP contribution in [0.2, 0.25) is 0 Å². The normalized spacial score (nSPS) is 22.7. The molecule has 1 heterocycles. The Morgan fingerprint density at radius 2 is 1.95 bits per heavy atom. The van der Waals surface area contributed by atoms with Crippen LogP contribution in [0, 0.1) is 11.3 Å². The van der Waals surface area contributed by atoms with Gasteiger partial charge in [0.2, 0.25) is 0 Å². The molecule has 1 saturated carbocycles. The third-order valence-electron chi connectivity index (χ3n) is 4.59. The molecule has 0 bridgehead atoms. The average molecular weight is 317 g/mol. The highest BCUT2D eigenvalue weighted by Gasteiger charge is 2.48. The van der Waals surface area contributed by atoms with Gasteiger partial charge in [0.05, 0.1) is 5.56 Å². The summed E-state index contributed by atoms with van der Waals surface area (Å²) in [6.07, 6.45) is -0.155. The van der Waals surface area contributed by atoms with Crippen molar-refractivity contribution in [3.05, 3.63) is 29.3 Å². The van der Waals surface area contributed by atoms with E-state index in [0.29, 0.717) is 23.3 Å². The van der Waals surface area contributed by atoms with Crippen molar-refractivity contribution >= 4 is 10.8 Å². The summed E-state index contributed by atoms with van der Waals surface area (Å²) < 4.78 is 50.3. The quantitative estimate of drug-likeness (QED) is 0.928. The number of halogens is 3. The standard InChI is InChI=1S/C15H18F3NOS/c1-21(20)13-4-10(3-12(5-13)15(16,17)18)2-11-6-14(7-11)8-19-9-14/h3-5,11,19H,2,6-9H2,1H3. The van der Waals surface area contributed by atoms with Gasteiger partial charge in [-0.3, -0.25) is 4.21 Å². The Morgan fingerprint density at radius 1 is 1.29 bits per heavy atom. The predicted octanol–water partition coefficient (Wildman–Crippen LogP) is 2.98. The highest BCUT2D eigenvalue weighted by molar-refractivity contribution is 7.84. The summed E-state index contributed by atoms with van der Waals surface area (Å²) in [6, 6.07) is 3.87. The van der Waals surface area contributed by atoms with Crippen LogP contribution in [-0.4, -0.2) is 23.6 Å². The number of benzene rings is 1. The van der Waals surface area contributed by atoms with Gasteiger partial charge in [-0.25, -0.2) is 0 Å². The zero-order valence-corrected chi connectivity index (χ0v) is 12.6. The number of hydrogen-bond donors (Lipinski definition) is 1. The van der Waals surface area contributed by atoms with Gasteiger partial charge in [-0.05, 0) is 54.4 Å². The van der Waals surface area contributed by atoms with Crippen molar-refractivity contribution in [3.63, 3.8) is 0 Å². The molecule has 2 nitrogen and oxygen atoms in total. The van der Waals surface area contributed by atoms with E-state index in [4.69, 9.17) is 0 Å². The minimum Gasteiger partial charge on any atom is -0.316 e. The van der Waals surface area contributed by atoms with Crippen LogP contribution in [0.1, 0.15) is 24.0 Å². The third-order valence-corrected chi connectivity index (χ3v) is 5.49. The summed E-state index contributed by atoms with van der Waals surface area (Å²) in [4.78, 5) is 0.263. The number of nitrogens with one attached hydrogen (secondary N) is 1. The second-order valence-corrected chi connectivity index (χ2v) is 7.78. The van der Waals surface area contributed by atoms with Crippen LogP contribution < -0.4 is 5.32 Å². The Labute approximate surface area is 124 Å². The first-order chi connectivity index (χ1) is 9.77. The molecule has 1 unspecified atom stereocenters. The Hall–Kier alpha value is -0.880. The zero-order valence-electron chi connectivity index (χ0n) is 11.8. The molecule has 1 aromatic rings. The maximum absolute atomic E-state index is 12.9. The van der Waals surface area contributed by atoms with Crippen molar-refractivity contribution in [2.45, 2.75) is 30.3 Å². The topological polar surface area (TPSA) is 29.1 Å². The third kappa shape index (κ3) is 3.01. The summed E-state index contributed by atoms with van der Waals surface area (Å²) in [6.45, 7) is 2.08. The lowest BCUT2D eigenvalue weighted by Gasteiger charge is -2.54. The maximum atomic E-state index is 12.9. The summed E-state index contributed by atoms with van der Waals surface area (Å²) in [5, 5.41) is 3.25. The van der Waals surface area contributed by atoms with E-state index in [2.05, 4.69) is 5.32 Å².